The highest BCUT2D eigenvalue weighted by Crippen LogP contribution is 2.23. The van der Waals surface area contributed by atoms with Gasteiger partial charge in [-0.25, -0.2) is 0 Å². The Kier molecular flexibility index (Phi) is 5.11. The van der Waals surface area contributed by atoms with E-state index in [1.165, 1.54) is 57.9 Å². The maximum Gasteiger partial charge on any atom is 0.0561 e. The van der Waals surface area contributed by atoms with Crippen molar-refractivity contribution in [1.29, 1.82) is 0 Å². The summed E-state index contributed by atoms with van der Waals surface area (Å²) in [7, 11) is 0. The first kappa shape index (κ1) is 12.4. The van der Waals surface area contributed by atoms with E-state index < -0.39 is 0 Å². The van der Waals surface area contributed by atoms with Crippen molar-refractivity contribution in [3.05, 3.63) is 0 Å². The Morgan fingerprint density at radius 1 is 1.06 bits per heavy atom. The molecule has 2 heteroatoms. The summed E-state index contributed by atoms with van der Waals surface area (Å²) in [4.78, 5) is 0. The summed E-state index contributed by atoms with van der Waals surface area (Å²) in [5.41, 5.74) is 0. The number of hydrogen-bond acceptors (Lipinski definition) is 2. The Labute approximate surface area is 100 Å². The maximum absolute atomic E-state index is 5.58. The number of rotatable bonds is 3. The maximum atomic E-state index is 5.58. The van der Waals surface area contributed by atoms with Gasteiger partial charge in [-0.1, -0.05) is 25.7 Å². The summed E-state index contributed by atoms with van der Waals surface area (Å²) < 4.78 is 5.58. The molecule has 0 aromatic rings. The zero-order chi connectivity index (χ0) is 11.2. The molecule has 1 aliphatic heterocycles. The zero-order valence-corrected chi connectivity index (χ0v) is 10.7. The van der Waals surface area contributed by atoms with Gasteiger partial charge in [0.1, 0.15) is 0 Å². The molecule has 0 bridgehead atoms. The van der Waals surface area contributed by atoms with Gasteiger partial charge in [0, 0.05) is 12.6 Å². The summed E-state index contributed by atoms with van der Waals surface area (Å²) in [5.74, 6) is 0.945. The molecule has 0 aromatic carbocycles. The molecule has 1 N–H and O–H groups in total. The van der Waals surface area contributed by atoms with Crippen LogP contribution >= 0.6 is 0 Å². The molecule has 2 unspecified atom stereocenters. The minimum Gasteiger partial charge on any atom is -0.378 e. The molecule has 94 valence electrons. The smallest absolute Gasteiger partial charge is 0.0561 e. The van der Waals surface area contributed by atoms with Gasteiger partial charge in [0.25, 0.3) is 0 Å². The molecule has 2 atom stereocenters. The highest BCUT2D eigenvalue weighted by Gasteiger charge is 2.20. The van der Waals surface area contributed by atoms with E-state index in [-0.39, 0.29) is 0 Å². The van der Waals surface area contributed by atoms with Gasteiger partial charge < -0.3 is 10.1 Å². The molecule has 2 fully saturated rings. The minimum atomic E-state index is 0.459. The second-order valence-corrected chi connectivity index (χ2v) is 5.67. The fraction of sp³-hybridized carbons (Fsp3) is 1.00. The first-order valence-electron chi connectivity index (χ1n) is 7.19. The van der Waals surface area contributed by atoms with Crippen LogP contribution in [-0.4, -0.2) is 25.3 Å². The first-order chi connectivity index (χ1) is 7.84. The van der Waals surface area contributed by atoms with Crippen molar-refractivity contribution >= 4 is 0 Å². The highest BCUT2D eigenvalue weighted by molar-refractivity contribution is 4.76. The minimum absolute atomic E-state index is 0.459. The monoisotopic (exact) mass is 225 g/mol. The second kappa shape index (κ2) is 6.61. The van der Waals surface area contributed by atoms with Gasteiger partial charge in [0.15, 0.2) is 0 Å². The van der Waals surface area contributed by atoms with Crippen LogP contribution < -0.4 is 5.32 Å². The van der Waals surface area contributed by atoms with Crippen LogP contribution in [0.2, 0.25) is 0 Å². The fourth-order valence-electron chi connectivity index (χ4n) is 3.08. The Morgan fingerprint density at radius 3 is 2.50 bits per heavy atom. The molecule has 2 aliphatic rings. The first-order valence-corrected chi connectivity index (χ1v) is 7.19. The molecule has 1 aliphatic carbocycles. The lowest BCUT2D eigenvalue weighted by Gasteiger charge is -2.29. The van der Waals surface area contributed by atoms with Crippen molar-refractivity contribution in [3.63, 3.8) is 0 Å². The summed E-state index contributed by atoms with van der Waals surface area (Å²) in [6.07, 6.45) is 11.6. The van der Waals surface area contributed by atoms with Crippen LogP contribution in [0, 0.1) is 5.92 Å². The quantitative estimate of drug-likeness (QED) is 0.745. The molecule has 0 aromatic heterocycles. The van der Waals surface area contributed by atoms with Crippen molar-refractivity contribution in [2.24, 2.45) is 5.92 Å². The summed E-state index contributed by atoms with van der Waals surface area (Å²) in [6, 6.07) is 0.715. The summed E-state index contributed by atoms with van der Waals surface area (Å²) in [6.45, 7) is 4.39. The SMILES string of the molecule is CC1CC(NCC2CCCCCC2)CCO1. The Morgan fingerprint density at radius 2 is 1.81 bits per heavy atom. The molecule has 2 nitrogen and oxygen atoms in total. The zero-order valence-electron chi connectivity index (χ0n) is 10.7. The average Bonchev–Trinajstić information content (AvgIpc) is 2.55. The normalized spacial score (nSPS) is 33.6. The van der Waals surface area contributed by atoms with Crippen LogP contribution in [0.5, 0.6) is 0 Å². The molecule has 1 saturated carbocycles. The van der Waals surface area contributed by atoms with E-state index in [0.717, 1.165) is 12.5 Å². The van der Waals surface area contributed by atoms with E-state index in [9.17, 15) is 0 Å². The average molecular weight is 225 g/mol. The van der Waals surface area contributed by atoms with Crippen LogP contribution in [-0.2, 0) is 4.74 Å². The van der Waals surface area contributed by atoms with Crippen LogP contribution in [0.25, 0.3) is 0 Å². The van der Waals surface area contributed by atoms with Gasteiger partial charge in [-0.2, -0.15) is 0 Å². The third-order valence-corrected chi connectivity index (χ3v) is 4.16. The lowest BCUT2D eigenvalue weighted by molar-refractivity contribution is 0.0126. The third kappa shape index (κ3) is 4.06. The van der Waals surface area contributed by atoms with Crippen LogP contribution in [0.15, 0.2) is 0 Å². The molecule has 0 amide bonds. The molecule has 0 radical (unpaired) electrons. The summed E-state index contributed by atoms with van der Waals surface area (Å²) >= 11 is 0. The molecule has 1 heterocycles. The fourth-order valence-corrected chi connectivity index (χ4v) is 3.08. The van der Waals surface area contributed by atoms with Gasteiger partial charge >= 0.3 is 0 Å². The Hall–Kier alpha value is -0.0800. The molecule has 1 saturated heterocycles. The Bertz CT molecular complexity index is 185. The van der Waals surface area contributed by atoms with Gasteiger partial charge in [0.2, 0.25) is 0 Å². The topological polar surface area (TPSA) is 21.3 Å². The van der Waals surface area contributed by atoms with Crippen molar-refractivity contribution in [2.45, 2.75) is 70.4 Å². The number of hydrogen-bond donors (Lipinski definition) is 1. The largest absolute Gasteiger partial charge is 0.378 e. The van der Waals surface area contributed by atoms with E-state index in [1.54, 1.807) is 0 Å². The van der Waals surface area contributed by atoms with Crippen molar-refractivity contribution in [2.75, 3.05) is 13.2 Å². The second-order valence-electron chi connectivity index (χ2n) is 5.67. The van der Waals surface area contributed by atoms with E-state index in [4.69, 9.17) is 4.74 Å². The standard InChI is InChI=1S/C14H27NO/c1-12-10-14(8-9-16-12)15-11-13-6-4-2-3-5-7-13/h12-15H,2-11H2,1H3. The van der Waals surface area contributed by atoms with Crippen LogP contribution in [0.1, 0.15) is 58.3 Å². The van der Waals surface area contributed by atoms with E-state index in [1.807, 2.05) is 0 Å². The molecule has 0 spiro atoms. The van der Waals surface area contributed by atoms with Crippen LogP contribution in [0.3, 0.4) is 0 Å². The number of nitrogens with one attached hydrogen (secondary N) is 1. The molecular weight excluding hydrogens is 198 g/mol. The van der Waals surface area contributed by atoms with E-state index >= 15 is 0 Å². The lowest BCUT2D eigenvalue weighted by atomic mass is 9.98. The Balaban J connectivity index is 1.65. The highest BCUT2D eigenvalue weighted by atomic mass is 16.5. The van der Waals surface area contributed by atoms with Crippen molar-refractivity contribution in [3.8, 4) is 0 Å². The van der Waals surface area contributed by atoms with E-state index in [0.29, 0.717) is 12.1 Å². The van der Waals surface area contributed by atoms with Gasteiger partial charge in [0.05, 0.1) is 6.10 Å². The van der Waals surface area contributed by atoms with Gasteiger partial charge in [-0.3, -0.25) is 0 Å². The van der Waals surface area contributed by atoms with Crippen molar-refractivity contribution in [1.82, 2.24) is 5.32 Å². The predicted molar refractivity (Wildman–Crippen MR) is 67.6 cm³/mol. The molecule has 2 rings (SSSR count). The van der Waals surface area contributed by atoms with E-state index in [2.05, 4.69) is 12.2 Å². The number of ether oxygens (including phenoxy) is 1. The molecular formula is C14H27NO. The van der Waals surface area contributed by atoms with Gasteiger partial charge in [-0.15, -0.1) is 0 Å². The van der Waals surface area contributed by atoms with Gasteiger partial charge in [-0.05, 0) is 45.1 Å². The summed E-state index contributed by atoms with van der Waals surface area (Å²) in [5, 5.41) is 3.77. The van der Waals surface area contributed by atoms with Crippen molar-refractivity contribution < 1.29 is 4.74 Å². The molecule has 16 heavy (non-hydrogen) atoms. The predicted octanol–water partition coefficient (Wildman–Crippen LogP) is 3.11. The van der Waals surface area contributed by atoms with Crippen LogP contribution in [0.4, 0.5) is 0 Å². The lowest BCUT2D eigenvalue weighted by Crippen LogP contribution is -2.40. The third-order valence-electron chi connectivity index (χ3n) is 4.16.